The molecule has 1 aromatic heterocycles. The molecular weight excluding hydrogens is 507 g/mol. The fourth-order valence-electron chi connectivity index (χ4n) is 5.15. The maximum atomic E-state index is 13.8. The summed E-state index contributed by atoms with van der Waals surface area (Å²) >= 11 is 0. The van der Waals surface area contributed by atoms with E-state index in [1.165, 1.54) is 0 Å². The van der Waals surface area contributed by atoms with Crippen LogP contribution in [-0.2, 0) is 17.4 Å². The molecule has 0 aliphatic carbocycles. The molecule has 2 aliphatic heterocycles. The Morgan fingerprint density at radius 2 is 1.77 bits per heavy atom. The Kier molecular flexibility index (Phi) is 9.40. The average Bonchev–Trinajstić information content (AvgIpc) is 3.42. The van der Waals surface area contributed by atoms with E-state index in [0.717, 1.165) is 38.2 Å². The predicted octanol–water partition coefficient (Wildman–Crippen LogP) is 3.61. The van der Waals surface area contributed by atoms with Crippen molar-refractivity contribution in [3.8, 4) is 6.07 Å². The highest BCUT2D eigenvalue weighted by Crippen LogP contribution is 2.33. The normalized spacial score (nSPS) is 18.5. The molecule has 0 radical (unpaired) electrons. The van der Waals surface area contributed by atoms with E-state index >= 15 is 0 Å². The van der Waals surface area contributed by atoms with E-state index in [9.17, 15) is 18.0 Å². The second-order valence-corrected chi connectivity index (χ2v) is 10.5. The number of aromatic nitrogens is 2. The zero-order valence-electron chi connectivity index (χ0n) is 22.6. The highest BCUT2D eigenvalue weighted by atomic mass is 19.4. The minimum absolute atomic E-state index is 0.0179. The lowest BCUT2D eigenvalue weighted by atomic mass is 10.0. The van der Waals surface area contributed by atoms with Crippen LogP contribution in [-0.4, -0.2) is 91.5 Å². The molecule has 0 unspecified atom stereocenters. The van der Waals surface area contributed by atoms with Gasteiger partial charge in [0.05, 0.1) is 17.7 Å². The summed E-state index contributed by atoms with van der Waals surface area (Å²) in [6.07, 6.45) is -1.70. The number of nitrogens with zero attached hydrogens (tertiary/aromatic N) is 7. The highest BCUT2D eigenvalue weighted by molar-refractivity contribution is 5.87. The van der Waals surface area contributed by atoms with Crippen molar-refractivity contribution in [2.75, 3.05) is 69.7 Å². The van der Waals surface area contributed by atoms with Crippen LogP contribution in [0.2, 0.25) is 0 Å². The van der Waals surface area contributed by atoms with Gasteiger partial charge < -0.3 is 14.7 Å². The number of carbonyl (C=O) groups is 1. The van der Waals surface area contributed by atoms with Gasteiger partial charge >= 0.3 is 6.18 Å². The number of piperazine rings is 1. The number of likely N-dealkylation sites (N-methyl/N-ethyl adjacent to an activating group) is 1. The number of aryl methyl sites for hydroxylation is 1. The fourth-order valence-corrected chi connectivity index (χ4v) is 5.15. The van der Waals surface area contributed by atoms with E-state index in [0.29, 0.717) is 50.9 Å². The molecule has 39 heavy (non-hydrogen) atoms. The number of ketones is 1. The van der Waals surface area contributed by atoms with Gasteiger partial charge in [0, 0.05) is 58.3 Å². The summed E-state index contributed by atoms with van der Waals surface area (Å²) in [5.41, 5.74) is 1.63. The molecule has 2 aromatic rings. The van der Waals surface area contributed by atoms with E-state index in [1.54, 1.807) is 23.1 Å². The van der Waals surface area contributed by atoms with Gasteiger partial charge in [0.1, 0.15) is 11.6 Å². The molecule has 2 fully saturated rings. The van der Waals surface area contributed by atoms with Crippen LogP contribution >= 0.6 is 0 Å². The van der Waals surface area contributed by atoms with Crippen LogP contribution in [0.5, 0.6) is 0 Å². The third-order valence-electron chi connectivity index (χ3n) is 7.40. The van der Waals surface area contributed by atoms with E-state index in [2.05, 4.69) is 25.8 Å². The minimum atomic E-state index is -4.68. The first-order valence-electron chi connectivity index (χ1n) is 13.5. The molecule has 0 spiro atoms. The SMILES string of the molecule is CN(C)CCN1CCN(c2cc(N3CCC[C@H]3C(=O)CCCc3ccc(C#N)cc3)nc(C(F)(F)F)n2)CC1. The standard InChI is InChI=1S/C28H36F3N7O/c1-35(2)13-14-36-15-17-37(18-16-36)25-19-26(34-27(33-25)28(29,30)31)38-12-4-6-23(38)24(39)7-3-5-21-8-10-22(20-32)11-9-21/h8-11,19,23H,3-7,12-18H2,1-2H3/t23-/m0/s1. The second-order valence-electron chi connectivity index (χ2n) is 10.5. The van der Waals surface area contributed by atoms with Crippen molar-refractivity contribution in [2.24, 2.45) is 0 Å². The summed E-state index contributed by atoms with van der Waals surface area (Å²) in [6.45, 7) is 4.98. The number of Topliss-reactive ketones (excluding diaryl/α,β-unsaturated/α-hetero) is 1. The Morgan fingerprint density at radius 1 is 1.08 bits per heavy atom. The lowest BCUT2D eigenvalue weighted by Gasteiger charge is -2.36. The molecule has 210 valence electrons. The zero-order valence-corrected chi connectivity index (χ0v) is 22.6. The smallest absolute Gasteiger partial charge is 0.354 e. The monoisotopic (exact) mass is 543 g/mol. The van der Waals surface area contributed by atoms with Gasteiger partial charge in [-0.3, -0.25) is 9.69 Å². The third kappa shape index (κ3) is 7.67. The highest BCUT2D eigenvalue weighted by Gasteiger charge is 2.38. The quantitative estimate of drug-likeness (QED) is 0.450. The third-order valence-corrected chi connectivity index (χ3v) is 7.40. The van der Waals surface area contributed by atoms with Crippen LogP contribution < -0.4 is 9.80 Å². The van der Waals surface area contributed by atoms with E-state index in [1.807, 2.05) is 31.1 Å². The molecule has 1 atom stereocenters. The van der Waals surface area contributed by atoms with Gasteiger partial charge in [-0.2, -0.15) is 18.4 Å². The zero-order chi connectivity index (χ0) is 28.0. The molecule has 0 bridgehead atoms. The maximum Gasteiger partial charge on any atom is 0.451 e. The molecule has 11 heteroatoms. The molecule has 2 saturated heterocycles. The summed E-state index contributed by atoms with van der Waals surface area (Å²) in [7, 11) is 4.03. The van der Waals surface area contributed by atoms with Gasteiger partial charge in [-0.15, -0.1) is 0 Å². The Morgan fingerprint density at radius 3 is 2.41 bits per heavy atom. The maximum absolute atomic E-state index is 13.8. The van der Waals surface area contributed by atoms with Crippen molar-refractivity contribution in [2.45, 2.75) is 44.3 Å². The number of rotatable bonds is 10. The lowest BCUT2D eigenvalue weighted by molar-refractivity contribution is -0.144. The topological polar surface area (TPSA) is 79.6 Å². The molecule has 2 aliphatic rings. The Balaban J connectivity index is 1.44. The fraction of sp³-hybridized carbons (Fsp3) is 0.571. The van der Waals surface area contributed by atoms with Gasteiger partial charge in [0.2, 0.25) is 5.82 Å². The average molecular weight is 544 g/mol. The number of carbonyl (C=O) groups excluding carboxylic acids is 1. The van der Waals surface area contributed by atoms with Crippen LogP contribution in [0.15, 0.2) is 30.3 Å². The Hall–Kier alpha value is -3.23. The molecule has 0 saturated carbocycles. The van der Waals surface area contributed by atoms with Crippen LogP contribution in [0, 0.1) is 11.3 Å². The van der Waals surface area contributed by atoms with Crippen LogP contribution in [0.4, 0.5) is 24.8 Å². The molecular formula is C28H36F3N7O. The van der Waals surface area contributed by atoms with Crippen LogP contribution in [0.3, 0.4) is 0 Å². The van der Waals surface area contributed by atoms with Crippen molar-refractivity contribution in [3.63, 3.8) is 0 Å². The Labute approximate surface area is 228 Å². The van der Waals surface area contributed by atoms with E-state index in [-0.39, 0.29) is 17.4 Å². The first-order chi connectivity index (χ1) is 18.6. The lowest BCUT2D eigenvalue weighted by Crippen LogP contribution is -2.48. The molecule has 8 nitrogen and oxygen atoms in total. The summed E-state index contributed by atoms with van der Waals surface area (Å²) in [4.78, 5) is 29.0. The number of halogens is 3. The summed E-state index contributed by atoms with van der Waals surface area (Å²) in [5.74, 6) is -0.711. The van der Waals surface area contributed by atoms with Gasteiger partial charge in [-0.25, -0.2) is 9.97 Å². The van der Waals surface area contributed by atoms with Gasteiger partial charge in [-0.05, 0) is 57.5 Å². The molecule has 0 amide bonds. The number of benzene rings is 1. The number of hydrogen-bond acceptors (Lipinski definition) is 8. The van der Waals surface area contributed by atoms with Crippen molar-refractivity contribution < 1.29 is 18.0 Å². The summed E-state index contributed by atoms with van der Waals surface area (Å²) in [5, 5.41) is 8.94. The number of hydrogen-bond donors (Lipinski definition) is 0. The van der Waals surface area contributed by atoms with Crippen molar-refractivity contribution in [3.05, 3.63) is 47.3 Å². The summed E-state index contributed by atoms with van der Waals surface area (Å²) < 4.78 is 41.4. The van der Waals surface area contributed by atoms with Crippen molar-refractivity contribution >= 4 is 17.4 Å². The number of alkyl halides is 3. The van der Waals surface area contributed by atoms with Gasteiger partial charge in [0.25, 0.3) is 0 Å². The molecule has 3 heterocycles. The first-order valence-corrected chi connectivity index (χ1v) is 13.5. The first kappa shape index (κ1) is 28.8. The number of nitriles is 1. The summed E-state index contributed by atoms with van der Waals surface area (Å²) in [6, 6.07) is 10.5. The van der Waals surface area contributed by atoms with Gasteiger partial charge in [-0.1, -0.05) is 12.1 Å². The molecule has 1 aromatic carbocycles. The van der Waals surface area contributed by atoms with Crippen molar-refractivity contribution in [1.82, 2.24) is 19.8 Å². The van der Waals surface area contributed by atoms with Gasteiger partial charge in [0.15, 0.2) is 5.78 Å². The van der Waals surface area contributed by atoms with E-state index < -0.39 is 18.0 Å². The van der Waals surface area contributed by atoms with Crippen LogP contribution in [0.1, 0.15) is 42.6 Å². The second kappa shape index (κ2) is 12.7. The molecule has 0 N–H and O–H groups in total. The minimum Gasteiger partial charge on any atom is -0.354 e. The predicted molar refractivity (Wildman–Crippen MR) is 144 cm³/mol. The van der Waals surface area contributed by atoms with Crippen LogP contribution in [0.25, 0.3) is 0 Å². The van der Waals surface area contributed by atoms with E-state index in [4.69, 9.17) is 5.26 Å². The molecule has 4 rings (SSSR count). The largest absolute Gasteiger partial charge is 0.451 e. The Bertz CT molecular complexity index is 1160. The van der Waals surface area contributed by atoms with Crippen molar-refractivity contribution in [1.29, 1.82) is 5.26 Å². The number of anilines is 2.